The molecule has 1 atom stereocenters. The largest absolute Gasteiger partial charge is 0.488 e. The minimum atomic E-state index is -0.396. The van der Waals surface area contributed by atoms with E-state index >= 15 is 0 Å². The molecule has 0 bridgehead atoms. The van der Waals surface area contributed by atoms with Crippen molar-refractivity contribution in [2.24, 2.45) is 0 Å². The number of aromatic nitrogens is 5. The lowest BCUT2D eigenvalue weighted by molar-refractivity contribution is 0.0702. The lowest BCUT2D eigenvalue weighted by atomic mass is 9.92. The van der Waals surface area contributed by atoms with Crippen LogP contribution in [0.1, 0.15) is 60.9 Å². The molecule has 1 aliphatic heterocycles. The van der Waals surface area contributed by atoms with Gasteiger partial charge < -0.3 is 25.8 Å². The van der Waals surface area contributed by atoms with Crippen molar-refractivity contribution in [2.45, 2.75) is 58.7 Å². The van der Waals surface area contributed by atoms with Crippen LogP contribution >= 0.6 is 0 Å². The SMILES string of the molecule is Cc1ccc(-n2nc(C(C)(C)C)cc2NC(=O)Nc2ccc(OCc3ccnc(Nc4cnc(C(=O)NCCN5CCCC(O)C5)cn4)c3)c3ccccc23)cc1. The third-order valence-electron chi connectivity index (χ3n) is 9.68. The maximum atomic E-state index is 13.5. The normalized spacial score (nSPS) is 14.6. The summed E-state index contributed by atoms with van der Waals surface area (Å²) >= 11 is 0. The number of urea groups is 1. The average molecular weight is 769 g/mol. The van der Waals surface area contributed by atoms with E-state index in [0.29, 0.717) is 48.5 Å². The number of carbonyl (C=O) groups excluding carboxylic acids is 2. The van der Waals surface area contributed by atoms with Gasteiger partial charge >= 0.3 is 6.03 Å². The van der Waals surface area contributed by atoms with Gasteiger partial charge in [0, 0.05) is 48.1 Å². The zero-order valence-electron chi connectivity index (χ0n) is 32.6. The van der Waals surface area contributed by atoms with Crippen LogP contribution in [0.2, 0.25) is 0 Å². The van der Waals surface area contributed by atoms with Gasteiger partial charge in [-0.2, -0.15) is 5.10 Å². The van der Waals surface area contributed by atoms with Gasteiger partial charge in [-0.15, -0.1) is 0 Å². The molecule has 3 aromatic carbocycles. The van der Waals surface area contributed by atoms with E-state index in [0.717, 1.165) is 52.7 Å². The number of ether oxygens (including phenoxy) is 1. The van der Waals surface area contributed by atoms with Crippen LogP contribution in [0.5, 0.6) is 5.75 Å². The molecule has 1 fully saturated rings. The van der Waals surface area contributed by atoms with E-state index in [4.69, 9.17) is 9.84 Å². The number of nitrogens with one attached hydrogen (secondary N) is 4. The van der Waals surface area contributed by atoms with Crippen molar-refractivity contribution in [1.82, 2.24) is 34.9 Å². The Morgan fingerprint density at radius 3 is 2.47 bits per heavy atom. The molecule has 0 saturated carbocycles. The second-order valence-corrected chi connectivity index (χ2v) is 15.3. The van der Waals surface area contributed by atoms with Gasteiger partial charge in [0.05, 0.1) is 35.6 Å². The number of aryl methyl sites for hydroxylation is 1. The minimum absolute atomic E-state index is 0.212. The van der Waals surface area contributed by atoms with E-state index in [1.807, 2.05) is 85.8 Å². The Morgan fingerprint density at radius 2 is 1.72 bits per heavy atom. The molecule has 57 heavy (non-hydrogen) atoms. The van der Waals surface area contributed by atoms with Crippen LogP contribution in [0.15, 0.2) is 97.5 Å². The Kier molecular flexibility index (Phi) is 11.7. The number of likely N-dealkylation sites (tertiary alicyclic amines) is 1. The Balaban J connectivity index is 0.966. The smallest absolute Gasteiger partial charge is 0.324 e. The summed E-state index contributed by atoms with van der Waals surface area (Å²) in [4.78, 5) is 41.3. The predicted molar refractivity (Wildman–Crippen MR) is 221 cm³/mol. The molecule has 0 spiro atoms. The lowest BCUT2D eigenvalue weighted by Gasteiger charge is -2.29. The molecular weight excluding hydrogens is 721 g/mol. The molecule has 0 aliphatic carbocycles. The fourth-order valence-corrected chi connectivity index (χ4v) is 6.58. The van der Waals surface area contributed by atoms with Crippen molar-refractivity contribution in [3.05, 3.63) is 120 Å². The molecule has 1 unspecified atom stereocenters. The Bertz CT molecular complexity index is 2340. The molecular formula is C43H48N10O4. The summed E-state index contributed by atoms with van der Waals surface area (Å²) in [5, 5.41) is 28.4. The number of amides is 3. The number of rotatable bonds is 12. The molecule has 0 radical (unpaired) electrons. The number of aliphatic hydroxyl groups is 1. The van der Waals surface area contributed by atoms with Crippen LogP contribution in [-0.4, -0.2) is 79.0 Å². The molecule has 1 aliphatic rings. The van der Waals surface area contributed by atoms with Gasteiger partial charge in [0.15, 0.2) is 0 Å². The number of aliphatic hydroxyl groups excluding tert-OH is 1. The highest BCUT2D eigenvalue weighted by molar-refractivity contribution is 6.07. The number of pyridine rings is 1. The Labute approximate surface area is 331 Å². The van der Waals surface area contributed by atoms with Gasteiger partial charge in [-0.25, -0.2) is 24.4 Å². The van der Waals surface area contributed by atoms with Crippen LogP contribution in [0.25, 0.3) is 16.5 Å². The first-order chi connectivity index (χ1) is 27.5. The first kappa shape index (κ1) is 38.9. The van der Waals surface area contributed by atoms with E-state index in [2.05, 4.69) is 61.9 Å². The zero-order chi connectivity index (χ0) is 39.9. The third kappa shape index (κ3) is 9.90. The molecule has 5 N–H and O–H groups in total. The second kappa shape index (κ2) is 17.2. The molecule has 294 valence electrons. The molecule has 3 amide bonds. The van der Waals surface area contributed by atoms with Crippen LogP contribution in [-0.2, 0) is 12.0 Å². The maximum absolute atomic E-state index is 13.5. The highest BCUT2D eigenvalue weighted by Gasteiger charge is 2.22. The molecule has 6 aromatic rings. The van der Waals surface area contributed by atoms with Gasteiger partial charge in [-0.3, -0.25) is 15.0 Å². The quantitative estimate of drug-likeness (QED) is 0.0876. The number of hydrogen-bond acceptors (Lipinski definition) is 10. The van der Waals surface area contributed by atoms with Gasteiger partial charge in [0.2, 0.25) is 0 Å². The van der Waals surface area contributed by atoms with Gasteiger partial charge in [0.25, 0.3) is 5.91 Å². The fraction of sp³-hybridized carbons (Fsp3) is 0.302. The maximum Gasteiger partial charge on any atom is 0.324 e. The first-order valence-electron chi connectivity index (χ1n) is 19.1. The fourth-order valence-electron chi connectivity index (χ4n) is 6.58. The van der Waals surface area contributed by atoms with Gasteiger partial charge in [-0.1, -0.05) is 62.7 Å². The number of benzene rings is 3. The standard InChI is InChI=1S/C43H48N10O4/c1-28-11-13-30(14-12-28)53-40(23-37(51-53)43(2,3)4)50-42(56)48-34-15-16-36(33-10-6-5-9-32(33)34)57-27-29-17-18-44-38(22-29)49-39-25-46-35(24-47-39)41(55)45-19-21-52-20-7-8-31(54)26-52/h5-6,9-18,22-25,31,54H,7-8,19-21,26-27H2,1-4H3,(H,45,55)(H,44,47,49)(H2,48,50,56). The predicted octanol–water partition coefficient (Wildman–Crippen LogP) is 6.97. The van der Waals surface area contributed by atoms with Crippen molar-refractivity contribution in [1.29, 1.82) is 0 Å². The average Bonchev–Trinajstić information content (AvgIpc) is 3.62. The van der Waals surface area contributed by atoms with Crippen molar-refractivity contribution in [3.63, 3.8) is 0 Å². The van der Waals surface area contributed by atoms with Crippen LogP contribution < -0.4 is 26.0 Å². The van der Waals surface area contributed by atoms with Gasteiger partial charge in [-0.05, 0) is 68.3 Å². The highest BCUT2D eigenvalue weighted by Crippen LogP contribution is 2.33. The molecule has 14 heteroatoms. The minimum Gasteiger partial charge on any atom is -0.488 e. The van der Waals surface area contributed by atoms with Crippen molar-refractivity contribution in [2.75, 3.05) is 42.1 Å². The topological polar surface area (TPSA) is 171 Å². The zero-order valence-corrected chi connectivity index (χ0v) is 32.6. The lowest BCUT2D eigenvalue weighted by Crippen LogP contribution is -2.42. The Morgan fingerprint density at radius 1 is 0.912 bits per heavy atom. The second-order valence-electron chi connectivity index (χ2n) is 15.3. The number of anilines is 4. The van der Waals surface area contributed by atoms with E-state index < -0.39 is 6.03 Å². The van der Waals surface area contributed by atoms with Crippen LogP contribution in [0, 0.1) is 6.92 Å². The molecule has 4 heterocycles. The van der Waals surface area contributed by atoms with E-state index in [1.165, 1.54) is 12.4 Å². The highest BCUT2D eigenvalue weighted by atomic mass is 16.5. The molecule has 14 nitrogen and oxygen atoms in total. The number of β-amino-alcohol motifs (C(OH)–C–C–N with tert-alkyl or cyclic N) is 1. The molecule has 3 aromatic heterocycles. The van der Waals surface area contributed by atoms with Crippen LogP contribution in [0.3, 0.4) is 0 Å². The number of hydrogen-bond donors (Lipinski definition) is 5. The summed E-state index contributed by atoms with van der Waals surface area (Å²) < 4.78 is 8.06. The van der Waals surface area contributed by atoms with Crippen molar-refractivity contribution < 1.29 is 19.4 Å². The monoisotopic (exact) mass is 768 g/mol. The summed E-state index contributed by atoms with van der Waals surface area (Å²) in [5.74, 6) is 1.89. The first-order valence-corrected chi connectivity index (χ1v) is 19.1. The third-order valence-corrected chi connectivity index (χ3v) is 9.68. The summed E-state index contributed by atoms with van der Waals surface area (Å²) in [6.45, 7) is 11.2. The molecule has 1 saturated heterocycles. The number of fused-ring (bicyclic) bond motifs is 1. The number of carbonyl (C=O) groups is 2. The Hall–Kier alpha value is -6.38. The van der Waals surface area contributed by atoms with Crippen LogP contribution in [0.4, 0.5) is 27.9 Å². The summed E-state index contributed by atoms with van der Waals surface area (Å²) in [5.41, 5.74) is 4.33. The summed E-state index contributed by atoms with van der Waals surface area (Å²) in [6.07, 6.45) is 6.07. The van der Waals surface area contributed by atoms with E-state index in [1.54, 1.807) is 10.9 Å². The van der Waals surface area contributed by atoms with E-state index in [-0.39, 0.29) is 29.7 Å². The molecule has 7 rings (SSSR count). The van der Waals surface area contributed by atoms with Crippen molar-refractivity contribution >= 4 is 45.9 Å². The number of piperidine rings is 1. The van der Waals surface area contributed by atoms with Crippen molar-refractivity contribution in [3.8, 4) is 11.4 Å². The van der Waals surface area contributed by atoms with E-state index in [9.17, 15) is 14.7 Å². The summed E-state index contributed by atoms with van der Waals surface area (Å²) in [7, 11) is 0. The van der Waals surface area contributed by atoms with Gasteiger partial charge in [0.1, 0.15) is 35.5 Å². The number of nitrogens with zero attached hydrogens (tertiary/aromatic N) is 6. The summed E-state index contributed by atoms with van der Waals surface area (Å²) in [6, 6.07) is 24.7.